The summed E-state index contributed by atoms with van der Waals surface area (Å²) >= 11 is 0. The molecule has 0 aromatic carbocycles. The lowest BCUT2D eigenvalue weighted by atomic mass is 9.98. The molecule has 0 unspecified atom stereocenters. The zero-order valence-corrected chi connectivity index (χ0v) is 13.1. The average molecular weight is 298 g/mol. The molecule has 1 heterocycles. The maximum atomic E-state index is 12.1. The van der Waals surface area contributed by atoms with E-state index in [4.69, 9.17) is 4.42 Å². The van der Waals surface area contributed by atoms with Crippen LogP contribution in [-0.4, -0.2) is 52.9 Å². The van der Waals surface area contributed by atoms with Crippen molar-refractivity contribution in [1.82, 2.24) is 10.2 Å². The number of rotatable bonds is 9. The van der Waals surface area contributed by atoms with Gasteiger partial charge in [-0.2, -0.15) is 0 Å². The first-order chi connectivity index (χ1) is 10.0. The zero-order valence-electron chi connectivity index (χ0n) is 13.1. The second kappa shape index (κ2) is 8.17. The molecule has 0 fully saturated rings. The van der Waals surface area contributed by atoms with E-state index in [1.54, 1.807) is 19.1 Å². The molecule has 0 radical (unpaired) electrons. The number of amides is 1. The minimum absolute atomic E-state index is 0.192. The van der Waals surface area contributed by atoms with Crippen molar-refractivity contribution in [2.45, 2.75) is 39.3 Å². The minimum Gasteiger partial charge on any atom is -0.455 e. The smallest absolute Gasteiger partial charge is 0.287 e. The quantitative estimate of drug-likeness (QED) is 0.633. The number of carbonyl (C=O) groups is 1. The molecule has 1 aromatic rings. The Hall–Kier alpha value is -1.37. The highest BCUT2D eigenvalue weighted by Gasteiger charge is 2.30. The Labute approximate surface area is 125 Å². The molecule has 1 aromatic heterocycles. The van der Waals surface area contributed by atoms with Crippen molar-refractivity contribution in [1.29, 1.82) is 0 Å². The summed E-state index contributed by atoms with van der Waals surface area (Å²) in [7, 11) is 0. The molecule has 120 valence electrons. The highest BCUT2D eigenvalue weighted by Crippen LogP contribution is 2.14. The summed E-state index contributed by atoms with van der Waals surface area (Å²) in [6.45, 7) is 7.76. The van der Waals surface area contributed by atoms with Crippen LogP contribution < -0.4 is 5.32 Å². The lowest BCUT2D eigenvalue weighted by molar-refractivity contribution is 0.0630. The van der Waals surface area contributed by atoms with Gasteiger partial charge < -0.3 is 19.9 Å². The summed E-state index contributed by atoms with van der Waals surface area (Å²) in [5.74, 6) is 0.488. The number of nitrogens with one attached hydrogen (secondary N) is 1. The molecule has 21 heavy (non-hydrogen) atoms. The number of hydrogen-bond acceptors (Lipinski definition) is 5. The largest absolute Gasteiger partial charge is 0.455 e. The molecule has 0 aliphatic carbocycles. The number of hydrogen-bond donors (Lipinski definition) is 3. The molecule has 6 heteroatoms. The van der Waals surface area contributed by atoms with E-state index in [9.17, 15) is 15.0 Å². The lowest BCUT2D eigenvalue weighted by Gasteiger charge is -2.29. The molecule has 0 saturated carbocycles. The van der Waals surface area contributed by atoms with Crippen molar-refractivity contribution in [3.63, 3.8) is 0 Å². The van der Waals surface area contributed by atoms with Gasteiger partial charge in [-0.05, 0) is 31.6 Å². The Kier molecular flexibility index (Phi) is 6.87. The summed E-state index contributed by atoms with van der Waals surface area (Å²) in [6.07, 6.45) is 0.429. The van der Waals surface area contributed by atoms with Gasteiger partial charge in [0, 0.05) is 0 Å². The molecular weight excluding hydrogens is 272 g/mol. The van der Waals surface area contributed by atoms with Gasteiger partial charge in [-0.1, -0.05) is 20.8 Å². The molecule has 0 bridgehead atoms. The third-order valence-corrected chi connectivity index (χ3v) is 3.82. The Morgan fingerprint density at radius 1 is 1.24 bits per heavy atom. The van der Waals surface area contributed by atoms with E-state index < -0.39 is 11.4 Å². The van der Waals surface area contributed by atoms with Gasteiger partial charge in [0.15, 0.2) is 5.76 Å². The van der Waals surface area contributed by atoms with Crippen molar-refractivity contribution in [3.8, 4) is 0 Å². The van der Waals surface area contributed by atoms with E-state index in [1.807, 2.05) is 0 Å². The molecule has 6 nitrogen and oxygen atoms in total. The minimum atomic E-state index is -1.01. The molecule has 0 atom stereocenters. The summed E-state index contributed by atoms with van der Waals surface area (Å²) in [5.41, 5.74) is -1.01. The van der Waals surface area contributed by atoms with Crippen LogP contribution in [0.5, 0.6) is 0 Å². The van der Waals surface area contributed by atoms with Crippen LogP contribution in [0.1, 0.15) is 43.5 Å². The molecular formula is C15H26N2O4. The Morgan fingerprint density at radius 2 is 1.86 bits per heavy atom. The van der Waals surface area contributed by atoms with Crippen LogP contribution in [0.2, 0.25) is 0 Å². The van der Waals surface area contributed by atoms with Gasteiger partial charge in [0.1, 0.15) is 5.76 Å². The number of aliphatic hydroxyl groups is 2. The van der Waals surface area contributed by atoms with Crippen LogP contribution in [-0.2, 0) is 6.54 Å². The van der Waals surface area contributed by atoms with Crippen LogP contribution in [0.25, 0.3) is 0 Å². The number of furan rings is 1. The van der Waals surface area contributed by atoms with E-state index in [-0.39, 0.29) is 19.0 Å². The van der Waals surface area contributed by atoms with Gasteiger partial charge in [0.25, 0.3) is 5.91 Å². The van der Waals surface area contributed by atoms with Crippen LogP contribution >= 0.6 is 0 Å². The standard InChI is InChI=1S/C15H26N2O4/c1-4-15(10-18,11-19)16-14(20)13-8-7-12(21-13)9-17(5-2)6-3/h7-8,18-19H,4-6,9-11H2,1-3H3,(H,16,20). The SMILES string of the molecule is CCN(CC)Cc1ccc(C(=O)NC(CC)(CO)CO)o1. The van der Waals surface area contributed by atoms with Gasteiger partial charge in [0.2, 0.25) is 0 Å². The predicted molar refractivity (Wildman–Crippen MR) is 80.0 cm³/mol. The molecule has 0 aliphatic heterocycles. The van der Waals surface area contributed by atoms with Gasteiger partial charge in [-0.25, -0.2) is 0 Å². The Bertz CT molecular complexity index is 428. The lowest BCUT2D eigenvalue weighted by Crippen LogP contribution is -2.53. The number of carbonyl (C=O) groups excluding carboxylic acids is 1. The van der Waals surface area contributed by atoms with Crippen molar-refractivity contribution in [2.75, 3.05) is 26.3 Å². The zero-order chi connectivity index (χ0) is 15.9. The van der Waals surface area contributed by atoms with Crippen molar-refractivity contribution < 1.29 is 19.4 Å². The van der Waals surface area contributed by atoms with Crippen LogP contribution in [0, 0.1) is 0 Å². The van der Waals surface area contributed by atoms with Crippen molar-refractivity contribution >= 4 is 5.91 Å². The molecule has 0 spiro atoms. The number of nitrogens with zero attached hydrogens (tertiary/aromatic N) is 1. The van der Waals surface area contributed by atoms with Crippen LogP contribution in [0.4, 0.5) is 0 Å². The predicted octanol–water partition coefficient (Wildman–Crippen LogP) is 0.985. The van der Waals surface area contributed by atoms with Gasteiger partial charge in [0.05, 0.1) is 25.3 Å². The van der Waals surface area contributed by atoms with Crippen LogP contribution in [0.3, 0.4) is 0 Å². The second-order valence-electron chi connectivity index (χ2n) is 5.13. The first-order valence-electron chi connectivity index (χ1n) is 7.39. The fourth-order valence-corrected chi connectivity index (χ4v) is 2.00. The van der Waals surface area contributed by atoms with Gasteiger partial charge in [-0.15, -0.1) is 0 Å². The third kappa shape index (κ3) is 4.56. The fourth-order valence-electron chi connectivity index (χ4n) is 2.00. The third-order valence-electron chi connectivity index (χ3n) is 3.82. The first-order valence-corrected chi connectivity index (χ1v) is 7.39. The topological polar surface area (TPSA) is 85.9 Å². The Morgan fingerprint density at radius 3 is 2.33 bits per heavy atom. The summed E-state index contributed by atoms with van der Waals surface area (Å²) in [4.78, 5) is 14.3. The number of aliphatic hydroxyl groups excluding tert-OH is 2. The molecule has 1 rings (SSSR count). The second-order valence-corrected chi connectivity index (χ2v) is 5.13. The van der Waals surface area contributed by atoms with E-state index in [0.29, 0.717) is 13.0 Å². The van der Waals surface area contributed by atoms with Crippen molar-refractivity contribution in [2.24, 2.45) is 0 Å². The molecule has 3 N–H and O–H groups in total. The fraction of sp³-hybridized carbons (Fsp3) is 0.667. The monoisotopic (exact) mass is 298 g/mol. The first kappa shape index (κ1) is 17.7. The van der Waals surface area contributed by atoms with E-state index in [2.05, 4.69) is 24.1 Å². The van der Waals surface area contributed by atoms with E-state index in [0.717, 1.165) is 18.8 Å². The highest BCUT2D eigenvalue weighted by atomic mass is 16.4. The van der Waals surface area contributed by atoms with Crippen LogP contribution in [0.15, 0.2) is 16.5 Å². The van der Waals surface area contributed by atoms with E-state index in [1.165, 1.54) is 0 Å². The highest BCUT2D eigenvalue weighted by molar-refractivity contribution is 5.92. The van der Waals surface area contributed by atoms with E-state index >= 15 is 0 Å². The maximum absolute atomic E-state index is 12.1. The normalized spacial score (nSPS) is 11.9. The summed E-state index contributed by atoms with van der Waals surface area (Å²) in [5, 5.41) is 21.3. The molecule has 0 aliphatic rings. The summed E-state index contributed by atoms with van der Waals surface area (Å²) < 4.78 is 5.54. The van der Waals surface area contributed by atoms with Gasteiger partial charge >= 0.3 is 0 Å². The Balaban J connectivity index is 2.74. The van der Waals surface area contributed by atoms with Crippen molar-refractivity contribution in [3.05, 3.63) is 23.7 Å². The molecule has 1 amide bonds. The average Bonchev–Trinajstić information content (AvgIpc) is 2.99. The summed E-state index contributed by atoms with van der Waals surface area (Å²) in [6, 6.07) is 3.39. The maximum Gasteiger partial charge on any atom is 0.287 e. The molecule has 0 saturated heterocycles. The van der Waals surface area contributed by atoms with Gasteiger partial charge in [-0.3, -0.25) is 9.69 Å².